The number of amides is 1. The van der Waals surface area contributed by atoms with Crippen molar-refractivity contribution in [3.63, 3.8) is 0 Å². The van der Waals surface area contributed by atoms with Crippen LogP contribution in [-0.4, -0.2) is 29.6 Å². The van der Waals surface area contributed by atoms with Crippen molar-refractivity contribution in [1.82, 2.24) is 4.90 Å². The van der Waals surface area contributed by atoms with E-state index in [2.05, 4.69) is 0 Å². The fourth-order valence-corrected chi connectivity index (χ4v) is 4.82. The number of halogens is 4. The highest BCUT2D eigenvalue weighted by Gasteiger charge is 2.47. The zero-order valence-corrected chi connectivity index (χ0v) is 21.5. The second-order valence-electron chi connectivity index (χ2n) is 8.77. The molecule has 4 atom stereocenters. The molecule has 3 aromatic rings. The van der Waals surface area contributed by atoms with Crippen molar-refractivity contribution in [2.24, 2.45) is 0 Å². The molecule has 0 spiro atoms. The van der Waals surface area contributed by atoms with Crippen LogP contribution in [0.3, 0.4) is 0 Å². The molecule has 9 heteroatoms. The number of hydrogen-bond donors (Lipinski definition) is 0. The molecule has 1 fully saturated rings. The molecule has 5 nitrogen and oxygen atoms in total. The van der Waals surface area contributed by atoms with Gasteiger partial charge in [-0.15, -0.1) is 0 Å². The molecule has 0 unspecified atom stereocenters. The van der Waals surface area contributed by atoms with Gasteiger partial charge < -0.3 is 9.47 Å². The molecule has 0 aliphatic carbocycles. The summed E-state index contributed by atoms with van der Waals surface area (Å²) in [5.41, 5.74) is 1.78. The van der Waals surface area contributed by atoms with Crippen LogP contribution < -0.4 is 0 Å². The predicted octanol–water partition coefficient (Wildman–Crippen LogP) is 6.82. The van der Waals surface area contributed by atoms with Crippen LogP contribution >= 0.6 is 23.2 Å². The third kappa shape index (κ3) is 6.12. The average molecular weight is 548 g/mol. The van der Waals surface area contributed by atoms with E-state index in [4.69, 9.17) is 32.7 Å². The van der Waals surface area contributed by atoms with Crippen LogP contribution in [-0.2, 0) is 25.5 Å². The van der Waals surface area contributed by atoms with Gasteiger partial charge in [0.1, 0.15) is 23.8 Å². The molecule has 1 aliphatic heterocycles. The van der Waals surface area contributed by atoms with Crippen LogP contribution in [0.4, 0.5) is 8.78 Å². The van der Waals surface area contributed by atoms with E-state index in [1.165, 1.54) is 29.2 Å². The van der Waals surface area contributed by atoms with Crippen molar-refractivity contribution in [3.8, 4) is 0 Å². The van der Waals surface area contributed by atoms with Crippen molar-refractivity contribution in [3.05, 3.63) is 105 Å². The lowest BCUT2D eigenvalue weighted by Gasteiger charge is -2.47. The first-order valence-corrected chi connectivity index (χ1v) is 12.6. The summed E-state index contributed by atoms with van der Waals surface area (Å²) in [6.07, 6.45) is -1.61. The summed E-state index contributed by atoms with van der Waals surface area (Å²) >= 11 is 12.1. The maximum atomic E-state index is 14.6. The van der Waals surface area contributed by atoms with Gasteiger partial charge in [-0.05, 0) is 53.1 Å². The average Bonchev–Trinajstić information content (AvgIpc) is 2.88. The van der Waals surface area contributed by atoms with Crippen molar-refractivity contribution in [1.29, 1.82) is 0 Å². The Labute approximate surface area is 223 Å². The summed E-state index contributed by atoms with van der Waals surface area (Å²) in [6, 6.07) is 16.2. The number of carbonyl (C=O) groups excluding carboxylic acids is 2. The Balaban J connectivity index is 1.85. The lowest BCUT2D eigenvalue weighted by atomic mass is 9.90. The first kappa shape index (κ1) is 27.0. The fraction of sp³-hybridized carbons (Fsp3) is 0.286. The third-order valence-corrected chi connectivity index (χ3v) is 6.86. The predicted molar refractivity (Wildman–Crippen MR) is 136 cm³/mol. The van der Waals surface area contributed by atoms with E-state index in [-0.39, 0.29) is 11.4 Å². The van der Waals surface area contributed by atoms with Gasteiger partial charge in [-0.3, -0.25) is 14.5 Å². The molecule has 194 valence electrons. The Morgan fingerprint density at radius 2 is 1.70 bits per heavy atom. The first-order valence-electron chi connectivity index (χ1n) is 11.8. The molecule has 1 heterocycles. The van der Waals surface area contributed by atoms with Gasteiger partial charge in [-0.2, -0.15) is 0 Å². The lowest BCUT2D eigenvalue weighted by molar-refractivity contribution is -0.198. The monoisotopic (exact) mass is 547 g/mol. The first-order chi connectivity index (χ1) is 17.8. The van der Waals surface area contributed by atoms with Crippen molar-refractivity contribution < 1.29 is 27.8 Å². The normalized spacial score (nSPS) is 20.5. The molecular formula is C28H25Cl2F2NO4. The number of rotatable bonds is 9. The van der Waals surface area contributed by atoms with Crippen LogP contribution in [0.1, 0.15) is 48.6 Å². The smallest absolute Gasteiger partial charge is 0.295 e. The highest BCUT2D eigenvalue weighted by molar-refractivity contribution is 6.30. The van der Waals surface area contributed by atoms with E-state index in [1.807, 2.05) is 6.92 Å². The van der Waals surface area contributed by atoms with Gasteiger partial charge in [0.15, 0.2) is 6.23 Å². The molecule has 0 radical (unpaired) electrons. The Morgan fingerprint density at radius 1 is 1.03 bits per heavy atom. The molecule has 0 N–H and O–H groups in total. The SMILES string of the molecule is CCC[C@@H](OC=O)N1C(=O)[C@H](Cc2ccc(F)cc2)O[C@@H](c2ccc(Cl)c(F)c2)[C@H]1c1ccc(Cl)cc1. The van der Waals surface area contributed by atoms with E-state index in [0.29, 0.717) is 41.0 Å². The Morgan fingerprint density at radius 3 is 2.32 bits per heavy atom. The highest BCUT2D eigenvalue weighted by atomic mass is 35.5. The molecule has 3 aromatic carbocycles. The van der Waals surface area contributed by atoms with Crippen molar-refractivity contribution in [2.45, 2.75) is 50.7 Å². The quantitative estimate of drug-likeness (QED) is 0.276. The van der Waals surface area contributed by atoms with Gasteiger partial charge in [0.2, 0.25) is 0 Å². The Hall–Kier alpha value is -3.00. The van der Waals surface area contributed by atoms with Gasteiger partial charge in [0.05, 0.1) is 11.1 Å². The molecular weight excluding hydrogens is 523 g/mol. The summed E-state index contributed by atoms with van der Waals surface area (Å²) in [7, 11) is 0. The van der Waals surface area contributed by atoms with E-state index < -0.39 is 42.0 Å². The third-order valence-electron chi connectivity index (χ3n) is 6.30. The fourth-order valence-electron chi connectivity index (χ4n) is 4.58. The highest BCUT2D eigenvalue weighted by Crippen LogP contribution is 2.45. The second kappa shape index (κ2) is 12.0. The number of hydrogen-bond acceptors (Lipinski definition) is 4. The molecule has 0 bridgehead atoms. The van der Waals surface area contributed by atoms with Crippen LogP contribution in [0.2, 0.25) is 10.0 Å². The van der Waals surface area contributed by atoms with Crippen LogP contribution in [0.5, 0.6) is 0 Å². The van der Waals surface area contributed by atoms with E-state index in [0.717, 1.165) is 0 Å². The van der Waals surface area contributed by atoms with Crippen molar-refractivity contribution in [2.75, 3.05) is 0 Å². The molecule has 1 saturated heterocycles. The maximum Gasteiger partial charge on any atom is 0.295 e. The topological polar surface area (TPSA) is 55.8 Å². The second-order valence-corrected chi connectivity index (χ2v) is 9.61. The summed E-state index contributed by atoms with van der Waals surface area (Å²) < 4.78 is 39.9. The maximum absolute atomic E-state index is 14.6. The van der Waals surface area contributed by atoms with E-state index in [9.17, 15) is 18.4 Å². The van der Waals surface area contributed by atoms with Gasteiger partial charge in [-0.1, -0.05) is 66.9 Å². The van der Waals surface area contributed by atoms with Crippen molar-refractivity contribution >= 4 is 35.6 Å². The minimum atomic E-state index is -1.01. The summed E-state index contributed by atoms with van der Waals surface area (Å²) in [5, 5.41) is 0.447. The molecule has 1 amide bonds. The minimum absolute atomic E-state index is 0.0495. The van der Waals surface area contributed by atoms with Crippen LogP contribution in [0.15, 0.2) is 66.7 Å². The zero-order chi connectivity index (χ0) is 26.5. The van der Waals surface area contributed by atoms with Gasteiger partial charge >= 0.3 is 0 Å². The molecule has 1 aliphatic rings. The number of benzene rings is 3. The number of carbonyl (C=O) groups is 2. The standard InChI is InChI=1S/C28H25Cl2F2NO4/c1-2-3-25(36-16-34)33-26(18-6-9-20(29)10-7-18)27(19-8-13-22(30)23(32)15-19)37-24(28(33)35)14-17-4-11-21(31)12-5-17/h4-13,15-16,24-27H,2-3,14H2,1H3/t24-,25+,26+,27-/m0/s1. The minimum Gasteiger partial charge on any atom is -0.444 e. The molecule has 0 aromatic heterocycles. The van der Waals surface area contributed by atoms with Gasteiger partial charge in [0.25, 0.3) is 12.4 Å². The molecule has 4 rings (SSSR count). The number of morpholine rings is 1. The van der Waals surface area contributed by atoms with Gasteiger partial charge in [0, 0.05) is 17.9 Å². The summed E-state index contributed by atoms with van der Waals surface area (Å²) in [4.78, 5) is 26.9. The summed E-state index contributed by atoms with van der Waals surface area (Å²) in [5.74, 6) is -1.44. The summed E-state index contributed by atoms with van der Waals surface area (Å²) in [6.45, 7) is 2.22. The number of nitrogens with zero attached hydrogens (tertiary/aromatic N) is 1. The lowest BCUT2D eigenvalue weighted by Crippen LogP contribution is -2.56. The number of ether oxygens (including phenoxy) is 2. The largest absolute Gasteiger partial charge is 0.444 e. The molecule has 37 heavy (non-hydrogen) atoms. The Kier molecular flexibility index (Phi) is 8.79. The zero-order valence-electron chi connectivity index (χ0n) is 20.0. The van der Waals surface area contributed by atoms with Gasteiger partial charge in [-0.25, -0.2) is 8.78 Å². The Bertz CT molecular complexity index is 1240. The van der Waals surface area contributed by atoms with E-state index in [1.54, 1.807) is 42.5 Å². The molecule has 0 saturated carbocycles. The van der Waals surface area contributed by atoms with Crippen LogP contribution in [0.25, 0.3) is 0 Å². The van der Waals surface area contributed by atoms with E-state index >= 15 is 0 Å². The van der Waals surface area contributed by atoms with Crippen LogP contribution in [0, 0.1) is 11.6 Å².